The van der Waals surface area contributed by atoms with Gasteiger partial charge in [0.15, 0.2) is 0 Å². The van der Waals surface area contributed by atoms with Crippen LogP contribution in [-0.4, -0.2) is 104 Å². The van der Waals surface area contributed by atoms with Gasteiger partial charge in [-0.05, 0) is 129 Å². The molecule has 6 aliphatic rings. The van der Waals surface area contributed by atoms with Gasteiger partial charge in [-0.2, -0.15) is 0 Å². The van der Waals surface area contributed by atoms with Crippen molar-refractivity contribution in [2.75, 3.05) is 43.7 Å². The van der Waals surface area contributed by atoms with Crippen molar-refractivity contribution in [1.29, 1.82) is 0 Å². The van der Waals surface area contributed by atoms with E-state index in [1.807, 2.05) is 48.5 Å². The maximum atomic E-state index is 13.5. The number of nitrogens with zero attached hydrogens (tertiary/aromatic N) is 2. The van der Waals surface area contributed by atoms with E-state index in [-0.39, 0.29) is 60.1 Å². The summed E-state index contributed by atoms with van der Waals surface area (Å²) in [6.07, 6.45) is 10.6. The second-order valence-corrected chi connectivity index (χ2v) is 21.6. The summed E-state index contributed by atoms with van der Waals surface area (Å²) in [6, 6.07) is 26.6. The first-order valence-electron chi connectivity index (χ1n) is 27.0. The molecular formula is C60H68N6O12. The van der Waals surface area contributed by atoms with Gasteiger partial charge >= 0.3 is 11.9 Å². The molecule has 0 bridgehead atoms. The number of carbonyl (C=O) groups is 8. The van der Waals surface area contributed by atoms with Gasteiger partial charge in [-0.1, -0.05) is 74.2 Å². The number of methoxy groups -OCH3 is 2. The van der Waals surface area contributed by atoms with Gasteiger partial charge in [0, 0.05) is 37.7 Å². The summed E-state index contributed by atoms with van der Waals surface area (Å²) >= 11 is 0. The molecule has 0 radical (unpaired) electrons. The number of ether oxygens (including phenoxy) is 2. The van der Waals surface area contributed by atoms with E-state index in [9.17, 15) is 48.6 Å². The predicted molar refractivity (Wildman–Crippen MR) is 288 cm³/mol. The first-order chi connectivity index (χ1) is 37.6. The summed E-state index contributed by atoms with van der Waals surface area (Å²) in [6.45, 7) is 1.87. The molecular weight excluding hydrogens is 997 g/mol. The number of hydrogen-bond acceptors (Lipinski definition) is 12. The molecule has 410 valence electrons. The minimum Gasteiger partial charge on any atom is -0.497 e. The number of piperidine rings is 1. The summed E-state index contributed by atoms with van der Waals surface area (Å²) < 4.78 is 10.5. The number of anilines is 2. The van der Waals surface area contributed by atoms with Crippen molar-refractivity contribution in [3.8, 4) is 11.5 Å². The average Bonchev–Trinajstić information content (AvgIpc) is 4.39. The normalized spacial score (nSPS) is 21.7. The van der Waals surface area contributed by atoms with Crippen LogP contribution in [-0.2, 0) is 64.0 Å². The highest BCUT2D eigenvalue weighted by Crippen LogP contribution is 2.43. The molecule has 4 heterocycles. The van der Waals surface area contributed by atoms with Crippen molar-refractivity contribution in [2.45, 2.75) is 102 Å². The number of imide groups is 2. The van der Waals surface area contributed by atoms with Gasteiger partial charge in [0.1, 0.15) is 23.6 Å². The molecule has 5 fully saturated rings. The fraction of sp³-hybridized carbons (Fsp3) is 0.433. The van der Waals surface area contributed by atoms with Crippen molar-refractivity contribution in [3.05, 3.63) is 131 Å². The van der Waals surface area contributed by atoms with E-state index in [1.54, 1.807) is 69.0 Å². The predicted octanol–water partition coefficient (Wildman–Crippen LogP) is 5.69. The lowest BCUT2D eigenvalue weighted by Crippen LogP contribution is -2.49. The van der Waals surface area contributed by atoms with E-state index >= 15 is 0 Å². The van der Waals surface area contributed by atoms with E-state index in [0.29, 0.717) is 92.5 Å². The highest BCUT2D eigenvalue weighted by molar-refractivity contribution is 6.29. The molecule has 0 spiro atoms. The van der Waals surface area contributed by atoms with Crippen LogP contribution in [0.15, 0.2) is 109 Å². The number of carboxylic acid groups (broad SMARTS) is 2. The number of aliphatic carboxylic acids is 2. The molecule has 4 aromatic rings. The van der Waals surface area contributed by atoms with Crippen LogP contribution in [0.5, 0.6) is 11.5 Å². The Morgan fingerprint density at radius 2 is 1.01 bits per heavy atom. The Labute approximate surface area is 453 Å². The van der Waals surface area contributed by atoms with E-state index in [0.717, 1.165) is 54.9 Å². The van der Waals surface area contributed by atoms with Crippen molar-refractivity contribution < 1.29 is 58.0 Å². The van der Waals surface area contributed by atoms with Gasteiger partial charge < -0.3 is 41.0 Å². The zero-order valence-electron chi connectivity index (χ0n) is 44.1. The van der Waals surface area contributed by atoms with E-state index in [2.05, 4.69) is 21.3 Å². The van der Waals surface area contributed by atoms with Crippen molar-refractivity contribution in [3.63, 3.8) is 0 Å². The first-order valence-corrected chi connectivity index (χ1v) is 27.0. The van der Waals surface area contributed by atoms with Gasteiger partial charge in [-0.3, -0.25) is 33.7 Å². The Kier molecular flexibility index (Phi) is 16.8. The molecule has 2 saturated carbocycles. The standard InChI is InChI=1S/C30H35N3O6.C30H33N3O6/c2*1-39-22-10-6-20(7-11-22)17-30(13-2-3-14-30)29(38)32-25(28(36)37)16-19-4-8-21(9-5-19)33-26(34)23-12-15-31-18-24(23)27(33)35/h4-11,23-25,31H,2-3,12-18H2,1H3,(H,32,38)(H,36,37);4-11,18,23,25,31H,2-3,12-17H2,1H3,(H,32,38)(H,36,37). The summed E-state index contributed by atoms with van der Waals surface area (Å²) in [5, 5.41) is 31.7. The van der Waals surface area contributed by atoms with Crippen LogP contribution in [0.1, 0.15) is 86.5 Å². The highest BCUT2D eigenvalue weighted by atomic mass is 16.5. The quantitative estimate of drug-likeness (QED) is 0.0656. The molecule has 6 amide bonds. The minimum atomic E-state index is -1.11. The Morgan fingerprint density at radius 3 is 1.44 bits per heavy atom. The molecule has 2 aliphatic carbocycles. The molecule has 4 aromatic carbocycles. The highest BCUT2D eigenvalue weighted by Gasteiger charge is 2.50. The smallest absolute Gasteiger partial charge is 0.326 e. The van der Waals surface area contributed by atoms with Gasteiger partial charge in [0.05, 0.1) is 54.2 Å². The van der Waals surface area contributed by atoms with Gasteiger partial charge in [-0.25, -0.2) is 14.5 Å². The van der Waals surface area contributed by atoms with E-state index in [4.69, 9.17) is 9.47 Å². The molecule has 6 N–H and O–H groups in total. The number of fused-ring (bicyclic) bond motifs is 2. The second-order valence-electron chi connectivity index (χ2n) is 21.6. The van der Waals surface area contributed by atoms with Gasteiger partial charge in [0.25, 0.3) is 5.91 Å². The molecule has 0 aromatic heterocycles. The number of nitrogens with one attached hydrogen (secondary N) is 4. The molecule has 78 heavy (non-hydrogen) atoms. The number of carbonyl (C=O) groups excluding carboxylic acids is 6. The van der Waals surface area contributed by atoms with Crippen molar-refractivity contribution >= 4 is 58.8 Å². The molecule has 5 atom stereocenters. The topological polar surface area (TPSA) is 250 Å². The van der Waals surface area contributed by atoms with Crippen LogP contribution in [0.4, 0.5) is 11.4 Å². The minimum absolute atomic E-state index is 0.0829. The summed E-state index contributed by atoms with van der Waals surface area (Å²) in [7, 11) is 3.21. The second kappa shape index (κ2) is 23.8. The molecule has 5 unspecified atom stereocenters. The lowest BCUT2D eigenvalue weighted by Gasteiger charge is -2.30. The third-order valence-corrected chi connectivity index (χ3v) is 16.7. The number of amides is 6. The Bertz CT molecular complexity index is 2910. The fourth-order valence-corrected chi connectivity index (χ4v) is 12.3. The van der Waals surface area contributed by atoms with Crippen LogP contribution in [0.3, 0.4) is 0 Å². The molecule has 10 rings (SSSR count). The zero-order chi connectivity index (χ0) is 55.1. The fourth-order valence-electron chi connectivity index (χ4n) is 12.3. The number of benzene rings is 4. The van der Waals surface area contributed by atoms with Crippen LogP contribution in [0.2, 0.25) is 0 Å². The van der Waals surface area contributed by atoms with Crippen LogP contribution >= 0.6 is 0 Å². The number of hydrogen-bond donors (Lipinski definition) is 6. The molecule has 18 nitrogen and oxygen atoms in total. The maximum absolute atomic E-state index is 13.5. The largest absolute Gasteiger partial charge is 0.497 e. The Balaban J connectivity index is 0.000000190. The van der Waals surface area contributed by atoms with Crippen molar-refractivity contribution in [2.24, 2.45) is 28.6 Å². The summed E-state index contributed by atoms with van der Waals surface area (Å²) in [5.74, 6) is -3.19. The van der Waals surface area contributed by atoms with Gasteiger partial charge in [0.2, 0.25) is 29.5 Å². The SMILES string of the molecule is COc1ccc(CC2(C(=O)NC(Cc3ccc(N4C(=O)C5=CNCCC5C4=O)cc3)C(=O)O)CCCC2)cc1.COc1ccc(CC2(C(=O)NC(Cc3ccc(N4C(=O)C5CCNCC5C4=O)cc3)C(=O)O)CCCC2)cc1. The number of rotatable bonds is 18. The lowest BCUT2D eigenvalue weighted by atomic mass is 9.78. The van der Waals surface area contributed by atoms with Crippen molar-refractivity contribution in [1.82, 2.24) is 21.3 Å². The van der Waals surface area contributed by atoms with Gasteiger partial charge in [-0.15, -0.1) is 0 Å². The average molecular weight is 1070 g/mol. The van der Waals surface area contributed by atoms with Crippen LogP contribution in [0, 0.1) is 28.6 Å². The third kappa shape index (κ3) is 11.7. The summed E-state index contributed by atoms with van der Waals surface area (Å²) in [4.78, 5) is 105. The first kappa shape index (κ1) is 54.9. The molecule has 3 saturated heterocycles. The molecule has 18 heteroatoms. The van der Waals surface area contributed by atoms with Crippen LogP contribution in [0.25, 0.3) is 0 Å². The lowest BCUT2D eigenvalue weighted by molar-refractivity contribution is -0.144. The third-order valence-electron chi connectivity index (χ3n) is 16.7. The van der Waals surface area contributed by atoms with E-state index in [1.165, 1.54) is 9.80 Å². The Morgan fingerprint density at radius 1 is 0.577 bits per heavy atom. The van der Waals surface area contributed by atoms with Crippen LogP contribution < -0.4 is 40.5 Å². The summed E-state index contributed by atoms with van der Waals surface area (Å²) in [5.41, 5.74) is 3.51. The molecule has 4 aliphatic heterocycles. The zero-order valence-corrected chi connectivity index (χ0v) is 44.1. The van der Waals surface area contributed by atoms with E-state index < -0.39 is 40.8 Å². The number of carboxylic acids is 2. The monoisotopic (exact) mass is 1060 g/mol. The maximum Gasteiger partial charge on any atom is 0.326 e. The Hall–Kier alpha value is -7.86.